The van der Waals surface area contributed by atoms with Gasteiger partial charge in [0.1, 0.15) is 4.64 Å². The van der Waals surface area contributed by atoms with Crippen molar-refractivity contribution in [3.8, 4) is 11.1 Å². The minimum atomic E-state index is -0.0187. The van der Waals surface area contributed by atoms with Crippen LogP contribution in [0.4, 0.5) is 0 Å². The SMILES string of the molecule is S=c1cc(-c2cccc(Cl)c2)c2cc(C(c3ccc(Cl)cc3)n3ccnc3)cc3c2n1CC3. The van der Waals surface area contributed by atoms with Crippen molar-refractivity contribution in [1.82, 2.24) is 14.1 Å². The molecule has 1 unspecified atom stereocenters. The number of pyridine rings is 1. The molecule has 6 rings (SSSR count). The topological polar surface area (TPSA) is 22.8 Å². The van der Waals surface area contributed by atoms with Crippen molar-refractivity contribution in [3.05, 3.63) is 117 Å². The molecule has 1 aliphatic rings. The van der Waals surface area contributed by atoms with Crippen molar-refractivity contribution in [2.75, 3.05) is 0 Å². The summed E-state index contributed by atoms with van der Waals surface area (Å²) >= 11 is 18.3. The normalized spacial score (nSPS) is 13.5. The Balaban J connectivity index is 1.64. The van der Waals surface area contributed by atoms with Crippen LogP contribution in [-0.2, 0) is 13.0 Å². The minimum absolute atomic E-state index is 0.0187. The molecule has 0 bridgehead atoms. The summed E-state index contributed by atoms with van der Waals surface area (Å²) in [6.07, 6.45) is 6.66. The summed E-state index contributed by atoms with van der Waals surface area (Å²) in [5, 5.41) is 2.63. The van der Waals surface area contributed by atoms with Crippen molar-refractivity contribution in [3.63, 3.8) is 0 Å². The molecule has 0 aliphatic carbocycles. The Morgan fingerprint density at radius 2 is 1.76 bits per heavy atom. The van der Waals surface area contributed by atoms with Gasteiger partial charge in [-0.05, 0) is 70.6 Å². The van der Waals surface area contributed by atoms with E-state index < -0.39 is 0 Å². The van der Waals surface area contributed by atoms with E-state index in [9.17, 15) is 0 Å². The molecular formula is C27H19Cl2N3S. The lowest BCUT2D eigenvalue weighted by atomic mass is 9.92. The molecule has 1 aliphatic heterocycles. The Morgan fingerprint density at radius 3 is 2.52 bits per heavy atom. The molecule has 0 saturated carbocycles. The van der Waals surface area contributed by atoms with Gasteiger partial charge >= 0.3 is 0 Å². The third-order valence-corrected chi connectivity index (χ3v) is 7.20. The second kappa shape index (κ2) is 8.14. The molecule has 0 amide bonds. The maximum atomic E-state index is 6.35. The summed E-state index contributed by atoms with van der Waals surface area (Å²) in [7, 11) is 0. The van der Waals surface area contributed by atoms with E-state index in [1.165, 1.54) is 22.0 Å². The van der Waals surface area contributed by atoms with Crippen molar-refractivity contribution in [1.29, 1.82) is 0 Å². The van der Waals surface area contributed by atoms with Crippen LogP contribution in [0.15, 0.2) is 85.5 Å². The zero-order chi connectivity index (χ0) is 22.5. The van der Waals surface area contributed by atoms with Gasteiger partial charge in [0.05, 0.1) is 17.9 Å². The van der Waals surface area contributed by atoms with Crippen LogP contribution in [0.25, 0.3) is 22.0 Å². The fraction of sp³-hybridized carbons (Fsp3) is 0.111. The van der Waals surface area contributed by atoms with E-state index in [0.717, 1.165) is 39.3 Å². The highest BCUT2D eigenvalue weighted by molar-refractivity contribution is 7.71. The fourth-order valence-electron chi connectivity index (χ4n) is 4.93. The molecule has 3 heterocycles. The van der Waals surface area contributed by atoms with E-state index >= 15 is 0 Å². The maximum Gasteiger partial charge on any atom is 0.106 e. The first kappa shape index (κ1) is 20.7. The average molecular weight is 488 g/mol. The number of aryl methyl sites for hydroxylation is 2. The van der Waals surface area contributed by atoms with E-state index in [1.807, 2.05) is 49.1 Å². The molecule has 6 heteroatoms. The van der Waals surface area contributed by atoms with Gasteiger partial charge in [-0.25, -0.2) is 4.98 Å². The van der Waals surface area contributed by atoms with Crippen LogP contribution >= 0.6 is 35.4 Å². The third kappa shape index (κ3) is 3.59. The molecule has 33 heavy (non-hydrogen) atoms. The second-order valence-electron chi connectivity index (χ2n) is 8.35. The first-order valence-corrected chi connectivity index (χ1v) is 11.9. The second-order valence-corrected chi connectivity index (χ2v) is 9.64. The summed E-state index contributed by atoms with van der Waals surface area (Å²) < 4.78 is 5.25. The van der Waals surface area contributed by atoms with E-state index in [0.29, 0.717) is 5.02 Å². The molecule has 0 spiro atoms. The standard InChI is InChI=1S/C27H19Cl2N3S/c28-21-6-4-17(5-7-21)26(31-11-9-30-16-31)20-12-19-8-10-32-25(33)15-23(24(14-20)27(19)32)18-2-1-3-22(29)13-18/h1-7,9,11-16,26H,8,10H2. The first-order valence-electron chi connectivity index (χ1n) is 10.8. The molecule has 0 fully saturated rings. The monoisotopic (exact) mass is 487 g/mol. The van der Waals surface area contributed by atoms with Gasteiger partial charge in [-0.15, -0.1) is 0 Å². The highest BCUT2D eigenvalue weighted by Crippen LogP contribution is 2.39. The Morgan fingerprint density at radius 1 is 0.909 bits per heavy atom. The largest absolute Gasteiger partial charge is 0.332 e. The third-order valence-electron chi connectivity index (χ3n) is 6.37. The van der Waals surface area contributed by atoms with E-state index in [-0.39, 0.29) is 6.04 Å². The van der Waals surface area contributed by atoms with Gasteiger partial charge < -0.3 is 9.13 Å². The average Bonchev–Trinajstić information content (AvgIpc) is 3.49. The highest BCUT2D eigenvalue weighted by Gasteiger charge is 2.23. The van der Waals surface area contributed by atoms with Gasteiger partial charge in [-0.1, -0.05) is 65.8 Å². The highest BCUT2D eigenvalue weighted by atomic mass is 35.5. The summed E-state index contributed by atoms with van der Waals surface area (Å²) in [6, 6.07) is 22.7. The number of hydrogen-bond donors (Lipinski definition) is 0. The molecule has 3 aromatic carbocycles. The number of halogens is 2. The number of hydrogen-bond acceptors (Lipinski definition) is 2. The van der Waals surface area contributed by atoms with Crippen LogP contribution < -0.4 is 0 Å². The molecule has 0 radical (unpaired) electrons. The molecule has 3 nitrogen and oxygen atoms in total. The summed E-state index contributed by atoms with van der Waals surface area (Å²) in [4.78, 5) is 4.32. The van der Waals surface area contributed by atoms with Gasteiger partial charge in [0.2, 0.25) is 0 Å². The lowest BCUT2D eigenvalue weighted by Gasteiger charge is -2.22. The molecule has 162 valence electrons. The predicted molar refractivity (Wildman–Crippen MR) is 138 cm³/mol. The number of benzene rings is 3. The lowest BCUT2D eigenvalue weighted by Crippen LogP contribution is -2.11. The van der Waals surface area contributed by atoms with Gasteiger partial charge in [-0.2, -0.15) is 0 Å². The zero-order valence-corrected chi connectivity index (χ0v) is 19.9. The Kier molecular flexibility index (Phi) is 5.10. The van der Waals surface area contributed by atoms with E-state index in [1.54, 1.807) is 0 Å². The van der Waals surface area contributed by atoms with Gasteiger partial charge in [-0.3, -0.25) is 0 Å². The molecule has 1 atom stereocenters. The molecular weight excluding hydrogens is 469 g/mol. The number of imidazole rings is 1. The van der Waals surface area contributed by atoms with Crippen LogP contribution in [0.5, 0.6) is 0 Å². The van der Waals surface area contributed by atoms with E-state index in [4.69, 9.17) is 35.4 Å². The van der Waals surface area contributed by atoms with Crippen LogP contribution in [0.3, 0.4) is 0 Å². The van der Waals surface area contributed by atoms with Crippen LogP contribution in [0.1, 0.15) is 22.7 Å². The Labute approximate surface area is 206 Å². The van der Waals surface area contributed by atoms with Gasteiger partial charge in [0, 0.05) is 34.4 Å². The molecule has 0 saturated heterocycles. The zero-order valence-electron chi connectivity index (χ0n) is 17.6. The molecule has 0 N–H and O–H groups in total. The molecule has 5 aromatic rings. The lowest BCUT2D eigenvalue weighted by molar-refractivity contribution is 0.676. The summed E-state index contributed by atoms with van der Waals surface area (Å²) in [5.41, 5.74) is 7.07. The summed E-state index contributed by atoms with van der Waals surface area (Å²) in [5.74, 6) is 0. The maximum absolute atomic E-state index is 6.35. The minimum Gasteiger partial charge on any atom is -0.332 e. The van der Waals surface area contributed by atoms with Crippen molar-refractivity contribution < 1.29 is 0 Å². The van der Waals surface area contributed by atoms with E-state index in [2.05, 4.69) is 50.5 Å². The number of nitrogens with zero attached hydrogens (tertiary/aromatic N) is 3. The van der Waals surface area contributed by atoms with Gasteiger partial charge in [0.25, 0.3) is 0 Å². The van der Waals surface area contributed by atoms with Crippen molar-refractivity contribution in [2.24, 2.45) is 0 Å². The van der Waals surface area contributed by atoms with Crippen LogP contribution in [-0.4, -0.2) is 14.1 Å². The number of rotatable bonds is 4. The Bertz CT molecular complexity index is 1550. The predicted octanol–water partition coefficient (Wildman–Crippen LogP) is 7.73. The van der Waals surface area contributed by atoms with Crippen molar-refractivity contribution >= 4 is 46.3 Å². The van der Waals surface area contributed by atoms with Crippen molar-refractivity contribution in [2.45, 2.75) is 19.0 Å². The van der Waals surface area contributed by atoms with Crippen LogP contribution in [0.2, 0.25) is 10.0 Å². The summed E-state index contributed by atoms with van der Waals surface area (Å²) in [6.45, 7) is 0.903. The number of aromatic nitrogens is 3. The molecule has 2 aromatic heterocycles. The van der Waals surface area contributed by atoms with Crippen LogP contribution in [0, 0.1) is 4.64 Å². The first-order chi connectivity index (χ1) is 16.1. The smallest absolute Gasteiger partial charge is 0.106 e. The quantitative estimate of drug-likeness (QED) is 0.242. The van der Waals surface area contributed by atoms with Gasteiger partial charge in [0.15, 0.2) is 0 Å². The Hall–Kier alpha value is -2.92. The fourth-order valence-corrected chi connectivity index (χ4v) is 5.55.